The number of nitrogens with one attached hydrogen (secondary N) is 1. The predicted octanol–water partition coefficient (Wildman–Crippen LogP) is 1.76. The summed E-state index contributed by atoms with van der Waals surface area (Å²) in [7, 11) is 0. The zero-order valence-electron chi connectivity index (χ0n) is 7.83. The van der Waals surface area contributed by atoms with Gasteiger partial charge in [0.2, 0.25) is 0 Å². The maximum atomic E-state index is 5.15. The minimum atomic E-state index is 0.344. The number of hydrogen-bond acceptors (Lipinski definition) is 2. The maximum absolute atomic E-state index is 5.15. The second-order valence-corrected chi connectivity index (χ2v) is 2.91. The van der Waals surface area contributed by atoms with Crippen molar-refractivity contribution in [1.82, 2.24) is 10.3 Å². The molecule has 0 radical (unpaired) electrons. The van der Waals surface area contributed by atoms with Crippen LogP contribution < -0.4 is 5.32 Å². The lowest BCUT2D eigenvalue weighted by molar-refractivity contribution is 0.583. The van der Waals surface area contributed by atoms with Crippen molar-refractivity contribution in [3.8, 4) is 12.3 Å². The van der Waals surface area contributed by atoms with Crippen molar-refractivity contribution >= 4 is 0 Å². The third-order valence-electron chi connectivity index (χ3n) is 1.93. The Morgan fingerprint density at radius 3 is 2.85 bits per heavy atom. The van der Waals surface area contributed by atoms with Gasteiger partial charge in [0.05, 0.1) is 0 Å². The molecule has 0 aromatic carbocycles. The minimum absolute atomic E-state index is 0.344. The summed E-state index contributed by atoms with van der Waals surface area (Å²) in [5.41, 5.74) is 1.24. The molecule has 13 heavy (non-hydrogen) atoms. The number of rotatable bonds is 4. The van der Waals surface area contributed by atoms with Gasteiger partial charge in [0.1, 0.15) is 0 Å². The zero-order valence-corrected chi connectivity index (χ0v) is 7.83. The number of pyridine rings is 1. The van der Waals surface area contributed by atoms with Crippen LogP contribution in [0.3, 0.4) is 0 Å². The number of terminal acetylenes is 1. The van der Waals surface area contributed by atoms with Crippen molar-refractivity contribution in [2.24, 2.45) is 0 Å². The maximum Gasteiger partial charge on any atom is 0.0293 e. The third-order valence-corrected chi connectivity index (χ3v) is 1.93. The normalized spacial score (nSPS) is 12.0. The largest absolute Gasteiger partial charge is 0.309 e. The molecule has 0 bridgehead atoms. The molecule has 0 aliphatic heterocycles. The van der Waals surface area contributed by atoms with Gasteiger partial charge in [-0.15, -0.1) is 12.3 Å². The molecule has 0 unspecified atom stereocenters. The van der Waals surface area contributed by atoms with Gasteiger partial charge in [-0.05, 0) is 24.6 Å². The number of hydrogen-bond donors (Lipinski definition) is 1. The molecule has 1 N–H and O–H groups in total. The second kappa shape index (κ2) is 5.34. The van der Waals surface area contributed by atoms with Crippen LogP contribution in [-0.4, -0.2) is 11.5 Å². The molecule has 1 aromatic rings. The molecule has 0 saturated heterocycles. The molecular weight excluding hydrogens is 160 g/mol. The Balaban J connectivity index is 2.41. The Bertz CT molecular complexity index is 274. The molecule has 1 rings (SSSR count). The monoisotopic (exact) mass is 174 g/mol. The Morgan fingerprint density at radius 2 is 2.23 bits per heavy atom. The quantitative estimate of drug-likeness (QED) is 0.555. The average Bonchev–Trinajstić information content (AvgIpc) is 2.19. The highest BCUT2D eigenvalue weighted by atomic mass is 14.9. The van der Waals surface area contributed by atoms with E-state index in [1.165, 1.54) is 5.56 Å². The molecule has 0 fully saturated rings. The van der Waals surface area contributed by atoms with Gasteiger partial charge < -0.3 is 5.32 Å². The molecular formula is C11H14N2. The predicted molar refractivity (Wildman–Crippen MR) is 54.1 cm³/mol. The smallest absolute Gasteiger partial charge is 0.0293 e. The van der Waals surface area contributed by atoms with Crippen LogP contribution in [0.4, 0.5) is 0 Å². The Morgan fingerprint density at radius 1 is 1.54 bits per heavy atom. The number of aromatic nitrogens is 1. The molecule has 0 aliphatic rings. The molecule has 2 nitrogen and oxygen atoms in total. The Kier molecular flexibility index (Phi) is 4.01. The van der Waals surface area contributed by atoms with Crippen molar-refractivity contribution in [2.45, 2.75) is 19.4 Å². The fraction of sp³-hybridized carbons (Fsp3) is 0.364. The van der Waals surface area contributed by atoms with E-state index >= 15 is 0 Å². The molecule has 1 aromatic heterocycles. The first-order chi connectivity index (χ1) is 6.34. The van der Waals surface area contributed by atoms with Gasteiger partial charge in [0, 0.05) is 31.4 Å². The van der Waals surface area contributed by atoms with Crippen LogP contribution in [-0.2, 0) is 0 Å². The third kappa shape index (κ3) is 3.27. The average molecular weight is 174 g/mol. The van der Waals surface area contributed by atoms with Gasteiger partial charge in [-0.2, -0.15) is 0 Å². The molecule has 1 heterocycles. The highest BCUT2D eigenvalue weighted by Gasteiger charge is 2.01. The van der Waals surface area contributed by atoms with Gasteiger partial charge >= 0.3 is 0 Å². The summed E-state index contributed by atoms with van der Waals surface area (Å²) in [5.74, 6) is 2.60. The summed E-state index contributed by atoms with van der Waals surface area (Å²) >= 11 is 0. The molecule has 2 heteroatoms. The van der Waals surface area contributed by atoms with E-state index in [2.05, 4.69) is 23.1 Å². The lowest BCUT2D eigenvalue weighted by Gasteiger charge is -2.12. The van der Waals surface area contributed by atoms with E-state index in [0.717, 1.165) is 13.0 Å². The molecule has 1 atom stereocenters. The van der Waals surface area contributed by atoms with E-state index in [1.54, 1.807) is 12.4 Å². The lowest BCUT2D eigenvalue weighted by Crippen LogP contribution is -2.19. The molecule has 0 amide bonds. The summed E-state index contributed by atoms with van der Waals surface area (Å²) < 4.78 is 0. The van der Waals surface area contributed by atoms with Gasteiger partial charge in [-0.25, -0.2) is 0 Å². The molecule has 68 valence electrons. The Hall–Kier alpha value is -1.33. The fourth-order valence-electron chi connectivity index (χ4n) is 1.13. The van der Waals surface area contributed by atoms with E-state index in [0.29, 0.717) is 6.04 Å². The van der Waals surface area contributed by atoms with Crippen molar-refractivity contribution < 1.29 is 0 Å². The molecule has 0 spiro atoms. The van der Waals surface area contributed by atoms with Gasteiger partial charge in [0.25, 0.3) is 0 Å². The van der Waals surface area contributed by atoms with Crippen LogP contribution in [0.5, 0.6) is 0 Å². The van der Waals surface area contributed by atoms with E-state index in [4.69, 9.17) is 6.42 Å². The first-order valence-corrected chi connectivity index (χ1v) is 4.41. The van der Waals surface area contributed by atoms with Crippen LogP contribution in [0.15, 0.2) is 24.5 Å². The summed E-state index contributed by atoms with van der Waals surface area (Å²) in [5, 5.41) is 3.33. The first kappa shape index (κ1) is 9.76. The van der Waals surface area contributed by atoms with Gasteiger partial charge in [-0.3, -0.25) is 4.98 Å². The lowest BCUT2D eigenvalue weighted by atomic mass is 10.1. The van der Waals surface area contributed by atoms with Gasteiger partial charge in [0.15, 0.2) is 0 Å². The van der Waals surface area contributed by atoms with Crippen LogP contribution >= 0.6 is 0 Å². The Labute approximate surface area is 79.4 Å². The van der Waals surface area contributed by atoms with E-state index < -0.39 is 0 Å². The summed E-state index contributed by atoms with van der Waals surface area (Å²) in [6.45, 7) is 2.98. The summed E-state index contributed by atoms with van der Waals surface area (Å²) in [6.07, 6.45) is 9.53. The summed E-state index contributed by atoms with van der Waals surface area (Å²) in [4.78, 5) is 3.96. The SMILES string of the molecule is C#CCCN[C@@H](C)c1ccncc1. The number of nitrogens with zero attached hydrogens (tertiary/aromatic N) is 1. The van der Waals surface area contributed by atoms with Gasteiger partial charge in [-0.1, -0.05) is 0 Å². The summed E-state index contributed by atoms with van der Waals surface area (Å²) in [6, 6.07) is 4.36. The van der Waals surface area contributed by atoms with Crippen LogP contribution in [0.2, 0.25) is 0 Å². The highest BCUT2D eigenvalue weighted by Crippen LogP contribution is 2.09. The molecule has 0 aliphatic carbocycles. The highest BCUT2D eigenvalue weighted by molar-refractivity contribution is 5.13. The zero-order chi connectivity index (χ0) is 9.52. The van der Waals surface area contributed by atoms with Crippen molar-refractivity contribution in [3.05, 3.63) is 30.1 Å². The molecule has 0 saturated carbocycles. The van der Waals surface area contributed by atoms with Crippen LogP contribution in [0.25, 0.3) is 0 Å². The van der Waals surface area contributed by atoms with E-state index in [-0.39, 0.29) is 0 Å². The standard InChI is InChI=1S/C11H14N2/c1-3-4-7-13-10(2)11-5-8-12-9-6-11/h1,5-6,8-10,13H,4,7H2,2H3/t10-/m0/s1. The first-order valence-electron chi connectivity index (χ1n) is 4.41. The van der Waals surface area contributed by atoms with E-state index in [9.17, 15) is 0 Å². The van der Waals surface area contributed by atoms with Crippen molar-refractivity contribution in [1.29, 1.82) is 0 Å². The van der Waals surface area contributed by atoms with Crippen LogP contribution in [0, 0.1) is 12.3 Å². The second-order valence-electron chi connectivity index (χ2n) is 2.91. The topological polar surface area (TPSA) is 24.9 Å². The van der Waals surface area contributed by atoms with Crippen LogP contribution in [0.1, 0.15) is 24.9 Å². The van der Waals surface area contributed by atoms with Crippen molar-refractivity contribution in [3.63, 3.8) is 0 Å². The van der Waals surface area contributed by atoms with Crippen molar-refractivity contribution in [2.75, 3.05) is 6.54 Å². The fourth-order valence-corrected chi connectivity index (χ4v) is 1.13. The van der Waals surface area contributed by atoms with E-state index in [1.807, 2.05) is 12.1 Å². The minimum Gasteiger partial charge on any atom is -0.309 e.